The molecule has 9 heteroatoms. The summed E-state index contributed by atoms with van der Waals surface area (Å²) in [6.45, 7) is 4.04. The quantitative estimate of drug-likeness (QED) is 0.565. The third kappa shape index (κ3) is 2.43. The third-order valence-electron chi connectivity index (χ3n) is 3.12. The van der Waals surface area contributed by atoms with E-state index in [2.05, 4.69) is 25.3 Å². The van der Waals surface area contributed by atoms with Gasteiger partial charge in [-0.3, -0.25) is 4.79 Å². The summed E-state index contributed by atoms with van der Waals surface area (Å²) in [7, 11) is 0. The predicted octanol–water partition coefficient (Wildman–Crippen LogP) is 1.00. The second kappa shape index (κ2) is 5.02. The highest BCUT2D eigenvalue weighted by Gasteiger charge is 2.14. The third-order valence-corrected chi connectivity index (χ3v) is 3.12. The maximum absolute atomic E-state index is 11.5. The Balaban J connectivity index is 2.12. The molecule has 114 valence electrons. The number of imidazole rings is 1. The number of nitrogens with zero attached hydrogens (tertiary/aromatic N) is 4. The molecule has 0 saturated heterocycles. The normalized spacial score (nSPS) is 11.2. The zero-order valence-electron chi connectivity index (χ0n) is 12.2. The lowest BCUT2D eigenvalue weighted by Crippen LogP contribution is -2.10. The number of hydrogen-bond donors (Lipinski definition) is 4. The van der Waals surface area contributed by atoms with Crippen LogP contribution in [0.1, 0.15) is 19.9 Å². The first-order valence-electron chi connectivity index (χ1n) is 6.71. The van der Waals surface area contributed by atoms with Crippen molar-refractivity contribution in [3.63, 3.8) is 0 Å². The Labute approximate surface area is 125 Å². The van der Waals surface area contributed by atoms with E-state index in [-0.39, 0.29) is 23.4 Å². The molecule has 22 heavy (non-hydrogen) atoms. The van der Waals surface area contributed by atoms with Crippen molar-refractivity contribution in [3.8, 4) is 0 Å². The van der Waals surface area contributed by atoms with Crippen molar-refractivity contribution in [2.75, 3.05) is 16.8 Å². The first-order valence-corrected chi connectivity index (χ1v) is 6.71. The fraction of sp³-hybridized carbons (Fsp3) is 0.231. The fourth-order valence-corrected chi connectivity index (χ4v) is 2.17. The molecule has 0 unspecified atom stereocenters. The second-order valence-corrected chi connectivity index (χ2v) is 5.16. The van der Waals surface area contributed by atoms with Gasteiger partial charge in [0, 0.05) is 23.9 Å². The highest BCUT2D eigenvalue weighted by molar-refractivity contribution is 5.86. The van der Waals surface area contributed by atoms with Crippen molar-refractivity contribution >= 4 is 34.4 Å². The van der Waals surface area contributed by atoms with Gasteiger partial charge >= 0.3 is 0 Å². The van der Waals surface area contributed by atoms with Crippen LogP contribution in [0.25, 0.3) is 11.2 Å². The molecular weight excluding hydrogens is 284 g/mol. The largest absolute Gasteiger partial charge is 0.385 e. The van der Waals surface area contributed by atoms with Crippen molar-refractivity contribution in [1.82, 2.24) is 24.5 Å². The zero-order valence-corrected chi connectivity index (χ0v) is 12.2. The molecule has 0 aromatic carbocycles. The number of aromatic nitrogens is 5. The zero-order chi connectivity index (χ0) is 15.9. The van der Waals surface area contributed by atoms with Crippen LogP contribution < -0.4 is 22.3 Å². The van der Waals surface area contributed by atoms with Gasteiger partial charge in [0.05, 0.1) is 6.33 Å². The molecule has 0 aliphatic carbocycles. The van der Waals surface area contributed by atoms with E-state index >= 15 is 0 Å². The van der Waals surface area contributed by atoms with Gasteiger partial charge in [-0.1, -0.05) is 0 Å². The van der Waals surface area contributed by atoms with Crippen LogP contribution in [-0.2, 0) is 0 Å². The minimum atomic E-state index is -0.312. The number of aromatic amines is 1. The number of pyridine rings is 1. The molecule has 3 heterocycles. The molecule has 0 bridgehead atoms. The number of H-pyrrole nitrogens is 1. The summed E-state index contributed by atoms with van der Waals surface area (Å²) >= 11 is 0. The number of nitrogens with two attached hydrogens (primary N) is 2. The molecule has 0 spiro atoms. The van der Waals surface area contributed by atoms with E-state index in [0.717, 1.165) is 0 Å². The first kappa shape index (κ1) is 13.9. The van der Waals surface area contributed by atoms with Gasteiger partial charge in [0.25, 0.3) is 5.56 Å². The van der Waals surface area contributed by atoms with E-state index in [9.17, 15) is 4.79 Å². The summed E-state index contributed by atoms with van der Waals surface area (Å²) in [6, 6.07) is 3.15. The van der Waals surface area contributed by atoms with Crippen LogP contribution in [-0.4, -0.2) is 24.5 Å². The molecule has 0 atom stereocenters. The van der Waals surface area contributed by atoms with Gasteiger partial charge in [0.1, 0.15) is 5.82 Å². The number of rotatable bonds is 3. The molecule has 3 aromatic rings. The average molecular weight is 300 g/mol. The molecular formula is C13H16N8O. The van der Waals surface area contributed by atoms with E-state index in [1.807, 2.05) is 18.4 Å². The highest BCUT2D eigenvalue weighted by Crippen LogP contribution is 2.25. The van der Waals surface area contributed by atoms with E-state index < -0.39 is 0 Å². The summed E-state index contributed by atoms with van der Waals surface area (Å²) in [4.78, 5) is 26.7. The van der Waals surface area contributed by atoms with Crippen molar-refractivity contribution in [2.45, 2.75) is 19.9 Å². The molecule has 0 radical (unpaired) electrons. The molecule has 6 N–H and O–H groups in total. The van der Waals surface area contributed by atoms with E-state index in [1.165, 1.54) is 6.07 Å². The van der Waals surface area contributed by atoms with Crippen LogP contribution in [0, 0.1) is 0 Å². The van der Waals surface area contributed by atoms with E-state index in [0.29, 0.717) is 22.7 Å². The Kier molecular flexibility index (Phi) is 3.17. The van der Waals surface area contributed by atoms with Crippen molar-refractivity contribution in [3.05, 3.63) is 28.8 Å². The number of fused-ring (bicyclic) bond motifs is 1. The molecule has 3 aromatic heterocycles. The number of nitrogens with one attached hydrogen (secondary N) is 2. The van der Waals surface area contributed by atoms with Crippen LogP contribution in [0.3, 0.4) is 0 Å². The van der Waals surface area contributed by atoms with Gasteiger partial charge in [0.15, 0.2) is 17.0 Å². The summed E-state index contributed by atoms with van der Waals surface area (Å²) in [6.07, 6.45) is 1.68. The van der Waals surface area contributed by atoms with Crippen molar-refractivity contribution in [2.24, 2.45) is 0 Å². The number of hydrogen-bond acceptors (Lipinski definition) is 7. The van der Waals surface area contributed by atoms with E-state index in [4.69, 9.17) is 11.5 Å². The minimum Gasteiger partial charge on any atom is -0.385 e. The topological polar surface area (TPSA) is 141 Å². The van der Waals surface area contributed by atoms with Gasteiger partial charge in [0.2, 0.25) is 5.95 Å². The Morgan fingerprint density at radius 2 is 2.05 bits per heavy atom. The Hall–Kier alpha value is -3.10. The molecule has 0 fully saturated rings. The summed E-state index contributed by atoms with van der Waals surface area (Å²) in [5.74, 6) is 0.795. The van der Waals surface area contributed by atoms with Gasteiger partial charge < -0.3 is 26.3 Å². The van der Waals surface area contributed by atoms with Gasteiger partial charge in [-0.15, -0.1) is 0 Å². The lowest BCUT2D eigenvalue weighted by Gasteiger charge is -2.09. The van der Waals surface area contributed by atoms with Crippen molar-refractivity contribution in [1.29, 1.82) is 0 Å². The number of anilines is 4. The molecule has 0 aliphatic rings. The highest BCUT2D eigenvalue weighted by atomic mass is 16.1. The molecule has 0 aliphatic heterocycles. The molecule has 3 rings (SSSR count). The van der Waals surface area contributed by atoms with Crippen LogP contribution >= 0.6 is 0 Å². The van der Waals surface area contributed by atoms with Crippen LogP contribution in [0.15, 0.2) is 23.3 Å². The maximum atomic E-state index is 11.5. The van der Waals surface area contributed by atoms with Crippen molar-refractivity contribution < 1.29 is 0 Å². The number of nitrogen functional groups attached to an aromatic ring is 2. The Morgan fingerprint density at radius 1 is 1.27 bits per heavy atom. The standard InChI is InChI=1S/C13H16N8O/c1-6(2)21-5-16-10-11(19-13(15)20-12(10)21)17-7-3-8(14)18-9(22)4-7/h3-6H,1-2H3,(H6,14,15,17,18,19,20,22). The summed E-state index contributed by atoms with van der Waals surface area (Å²) < 4.78 is 1.89. The molecule has 9 nitrogen and oxygen atoms in total. The van der Waals surface area contributed by atoms with Gasteiger partial charge in [-0.2, -0.15) is 9.97 Å². The minimum absolute atomic E-state index is 0.121. The van der Waals surface area contributed by atoms with Gasteiger partial charge in [-0.25, -0.2) is 4.98 Å². The average Bonchev–Trinajstić information content (AvgIpc) is 2.81. The fourth-order valence-electron chi connectivity index (χ4n) is 2.17. The second-order valence-electron chi connectivity index (χ2n) is 5.16. The Morgan fingerprint density at radius 3 is 2.73 bits per heavy atom. The van der Waals surface area contributed by atoms with Gasteiger partial charge in [-0.05, 0) is 13.8 Å². The van der Waals surface area contributed by atoms with Crippen LogP contribution in [0.5, 0.6) is 0 Å². The van der Waals surface area contributed by atoms with E-state index in [1.54, 1.807) is 12.4 Å². The SMILES string of the molecule is CC(C)n1cnc2c(Nc3cc(N)[nH]c(=O)c3)nc(N)nc21. The first-order chi connectivity index (χ1) is 10.4. The lowest BCUT2D eigenvalue weighted by molar-refractivity contribution is 0.613. The summed E-state index contributed by atoms with van der Waals surface area (Å²) in [5, 5.41) is 3.01. The molecule has 0 saturated carbocycles. The Bertz CT molecular complexity index is 895. The monoisotopic (exact) mass is 300 g/mol. The predicted molar refractivity (Wildman–Crippen MR) is 84.9 cm³/mol. The molecule has 0 amide bonds. The van der Waals surface area contributed by atoms with Crippen LogP contribution in [0.2, 0.25) is 0 Å². The maximum Gasteiger partial charge on any atom is 0.251 e. The summed E-state index contributed by atoms with van der Waals surface area (Å²) in [5.41, 5.74) is 12.8. The smallest absolute Gasteiger partial charge is 0.251 e. The lowest BCUT2D eigenvalue weighted by atomic mass is 10.3. The van der Waals surface area contributed by atoms with Crippen LogP contribution in [0.4, 0.5) is 23.3 Å².